The van der Waals surface area contributed by atoms with Crippen LogP contribution in [0.5, 0.6) is 0 Å². The highest BCUT2D eigenvalue weighted by atomic mass is 15.3. The molecule has 0 aliphatic rings. The predicted molar refractivity (Wildman–Crippen MR) is 165 cm³/mol. The van der Waals surface area contributed by atoms with Crippen molar-refractivity contribution in [3.05, 3.63) is 91.0 Å². The predicted octanol–water partition coefficient (Wildman–Crippen LogP) is 5.69. The maximum Gasteiger partial charge on any atom is 0.188 e. The van der Waals surface area contributed by atoms with Gasteiger partial charge in [0.25, 0.3) is 0 Å². The Morgan fingerprint density at radius 3 is 2.41 bits per heavy atom. The molecule has 2 aromatic carbocycles. The number of nitrogens with zero attached hydrogens (tertiary/aromatic N) is 7. The highest BCUT2D eigenvalue weighted by Gasteiger charge is 2.19. The van der Waals surface area contributed by atoms with E-state index in [0.717, 1.165) is 64.3 Å². The van der Waals surface area contributed by atoms with Gasteiger partial charge >= 0.3 is 0 Å². The second kappa shape index (κ2) is 10.9. The fraction of sp³-hybridized carbons (Fsp3) is 0.273. The standard InChI is InChI=1S/C33H36N8/c1-33(2,21-39(3)4)20-34-18-23-11-13-25(14-12-23)30-26(24-9-7-6-8-10-24)17-27-28(36-30)15-16-41-31(27)37-38-32(41)29-19-40(5)22-35-29/h6-17,19,22,34H,18,20-21H2,1-5H3. The first kappa shape index (κ1) is 26.8. The molecule has 0 saturated heterocycles. The first-order valence-electron chi connectivity index (χ1n) is 13.9. The van der Waals surface area contributed by atoms with Crippen LogP contribution in [0.4, 0.5) is 0 Å². The van der Waals surface area contributed by atoms with Crippen LogP contribution in [0.25, 0.3) is 50.5 Å². The quantitative estimate of drug-likeness (QED) is 0.252. The molecule has 208 valence electrons. The van der Waals surface area contributed by atoms with E-state index in [1.807, 2.05) is 40.5 Å². The fourth-order valence-electron chi connectivity index (χ4n) is 5.59. The van der Waals surface area contributed by atoms with Crippen LogP contribution >= 0.6 is 0 Å². The molecule has 4 heterocycles. The summed E-state index contributed by atoms with van der Waals surface area (Å²) in [6, 6.07) is 23.4. The van der Waals surface area contributed by atoms with Gasteiger partial charge in [0.05, 0.1) is 17.5 Å². The van der Waals surface area contributed by atoms with E-state index in [4.69, 9.17) is 4.98 Å². The van der Waals surface area contributed by atoms with Crippen LogP contribution in [0.1, 0.15) is 19.4 Å². The zero-order valence-corrected chi connectivity index (χ0v) is 24.3. The SMILES string of the molecule is CN(C)CC(C)(C)CNCc1ccc(-c2nc3ccn4c(-c5cn(C)cn5)nnc4c3cc2-c2ccccc2)cc1. The molecule has 6 aromatic rings. The summed E-state index contributed by atoms with van der Waals surface area (Å²) in [4.78, 5) is 11.9. The summed E-state index contributed by atoms with van der Waals surface area (Å²) in [5.41, 5.74) is 8.08. The van der Waals surface area contributed by atoms with E-state index in [9.17, 15) is 0 Å². The Labute approximate surface area is 240 Å². The molecule has 8 nitrogen and oxygen atoms in total. The second-order valence-electron chi connectivity index (χ2n) is 11.8. The number of hydrogen-bond donors (Lipinski definition) is 1. The van der Waals surface area contributed by atoms with Crippen LogP contribution in [0, 0.1) is 5.41 Å². The minimum Gasteiger partial charge on any atom is -0.340 e. The molecule has 0 fully saturated rings. The van der Waals surface area contributed by atoms with E-state index in [1.54, 1.807) is 6.33 Å². The molecular formula is C33H36N8. The summed E-state index contributed by atoms with van der Waals surface area (Å²) in [7, 11) is 6.20. The third-order valence-corrected chi connectivity index (χ3v) is 7.29. The number of benzene rings is 2. The summed E-state index contributed by atoms with van der Waals surface area (Å²) in [5.74, 6) is 0.710. The van der Waals surface area contributed by atoms with E-state index in [1.165, 1.54) is 5.56 Å². The van der Waals surface area contributed by atoms with Crippen molar-refractivity contribution in [2.45, 2.75) is 20.4 Å². The maximum absolute atomic E-state index is 5.19. The van der Waals surface area contributed by atoms with Gasteiger partial charge in [-0.2, -0.15) is 0 Å². The molecular weight excluding hydrogens is 508 g/mol. The molecule has 1 N–H and O–H groups in total. The van der Waals surface area contributed by atoms with Crippen LogP contribution < -0.4 is 5.32 Å². The Morgan fingerprint density at radius 1 is 0.927 bits per heavy atom. The first-order chi connectivity index (χ1) is 19.8. The third-order valence-electron chi connectivity index (χ3n) is 7.29. The van der Waals surface area contributed by atoms with Gasteiger partial charge in [-0.1, -0.05) is 68.4 Å². The Morgan fingerprint density at radius 2 is 1.71 bits per heavy atom. The van der Waals surface area contributed by atoms with E-state index in [2.05, 4.69) is 108 Å². The lowest BCUT2D eigenvalue weighted by molar-refractivity contribution is 0.232. The third kappa shape index (κ3) is 5.62. The van der Waals surface area contributed by atoms with Gasteiger partial charge in [0.15, 0.2) is 11.5 Å². The normalized spacial score (nSPS) is 12.1. The molecule has 0 aliphatic heterocycles. The molecule has 0 aliphatic carbocycles. The molecule has 4 aromatic heterocycles. The Bertz CT molecular complexity index is 1800. The van der Waals surface area contributed by atoms with Crippen LogP contribution in [-0.2, 0) is 13.6 Å². The van der Waals surface area contributed by atoms with Gasteiger partial charge in [-0.15, -0.1) is 10.2 Å². The van der Waals surface area contributed by atoms with Crippen molar-refractivity contribution in [3.63, 3.8) is 0 Å². The molecule has 41 heavy (non-hydrogen) atoms. The number of hydrogen-bond acceptors (Lipinski definition) is 6. The first-order valence-corrected chi connectivity index (χ1v) is 13.9. The van der Waals surface area contributed by atoms with E-state index in [0.29, 0.717) is 5.82 Å². The van der Waals surface area contributed by atoms with Crippen molar-refractivity contribution in [1.29, 1.82) is 0 Å². The van der Waals surface area contributed by atoms with E-state index in [-0.39, 0.29) is 5.41 Å². The van der Waals surface area contributed by atoms with Gasteiger partial charge < -0.3 is 14.8 Å². The van der Waals surface area contributed by atoms with Gasteiger partial charge in [0, 0.05) is 55.6 Å². The molecule has 0 spiro atoms. The summed E-state index contributed by atoms with van der Waals surface area (Å²) >= 11 is 0. The number of aryl methyl sites for hydroxylation is 1. The highest BCUT2D eigenvalue weighted by molar-refractivity contribution is 5.98. The lowest BCUT2D eigenvalue weighted by atomic mass is 9.93. The number of rotatable bonds is 9. The molecule has 0 amide bonds. The molecule has 0 bridgehead atoms. The summed E-state index contributed by atoms with van der Waals surface area (Å²) in [6.45, 7) is 7.42. The van der Waals surface area contributed by atoms with Crippen molar-refractivity contribution in [2.24, 2.45) is 12.5 Å². The van der Waals surface area contributed by atoms with Crippen LogP contribution in [0.3, 0.4) is 0 Å². The van der Waals surface area contributed by atoms with Gasteiger partial charge in [0.2, 0.25) is 0 Å². The molecule has 6 rings (SSSR count). The highest BCUT2D eigenvalue weighted by Crippen LogP contribution is 2.35. The van der Waals surface area contributed by atoms with Gasteiger partial charge in [-0.25, -0.2) is 9.97 Å². The zero-order valence-electron chi connectivity index (χ0n) is 24.3. The van der Waals surface area contributed by atoms with E-state index < -0.39 is 0 Å². The number of fused-ring (bicyclic) bond motifs is 3. The van der Waals surface area contributed by atoms with Crippen LogP contribution in [0.15, 0.2) is 85.5 Å². The van der Waals surface area contributed by atoms with E-state index >= 15 is 0 Å². The fourth-order valence-corrected chi connectivity index (χ4v) is 5.59. The summed E-state index contributed by atoms with van der Waals surface area (Å²) in [6.07, 6.45) is 5.70. The molecule has 0 radical (unpaired) electrons. The van der Waals surface area contributed by atoms with Gasteiger partial charge in [-0.3, -0.25) is 4.40 Å². The number of nitrogens with one attached hydrogen (secondary N) is 1. The maximum atomic E-state index is 5.19. The smallest absolute Gasteiger partial charge is 0.188 e. The Hall–Kier alpha value is -4.40. The van der Waals surface area contributed by atoms with Crippen molar-refractivity contribution in [3.8, 4) is 33.9 Å². The second-order valence-corrected chi connectivity index (χ2v) is 11.8. The minimum atomic E-state index is 0.206. The molecule has 0 atom stereocenters. The largest absolute Gasteiger partial charge is 0.340 e. The van der Waals surface area contributed by atoms with Crippen molar-refractivity contribution >= 4 is 16.6 Å². The molecule has 0 unspecified atom stereocenters. The van der Waals surface area contributed by atoms with Gasteiger partial charge in [-0.05, 0) is 42.8 Å². The lowest BCUT2D eigenvalue weighted by Crippen LogP contribution is -2.37. The summed E-state index contributed by atoms with van der Waals surface area (Å²) in [5, 5.41) is 13.6. The Balaban J connectivity index is 1.36. The minimum absolute atomic E-state index is 0.206. The van der Waals surface area contributed by atoms with Crippen molar-refractivity contribution in [2.75, 3.05) is 27.2 Å². The lowest BCUT2D eigenvalue weighted by Gasteiger charge is -2.28. The van der Waals surface area contributed by atoms with Crippen molar-refractivity contribution in [1.82, 2.24) is 39.3 Å². The molecule has 0 saturated carbocycles. The number of aromatic nitrogens is 6. The number of imidazole rings is 1. The van der Waals surface area contributed by atoms with Crippen LogP contribution in [-0.4, -0.2) is 61.2 Å². The number of pyridine rings is 2. The molecule has 8 heteroatoms. The average Bonchev–Trinajstić information content (AvgIpc) is 3.58. The monoisotopic (exact) mass is 544 g/mol. The topological polar surface area (TPSA) is 76.2 Å². The van der Waals surface area contributed by atoms with Crippen LogP contribution in [0.2, 0.25) is 0 Å². The summed E-state index contributed by atoms with van der Waals surface area (Å²) < 4.78 is 3.90. The van der Waals surface area contributed by atoms with Gasteiger partial charge in [0.1, 0.15) is 5.69 Å². The van der Waals surface area contributed by atoms with Crippen molar-refractivity contribution < 1.29 is 0 Å². The zero-order chi connectivity index (χ0) is 28.6. The Kier molecular flexibility index (Phi) is 7.11. The average molecular weight is 545 g/mol.